The van der Waals surface area contributed by atoms with E-state index in [-0.39, 0.29) is 54.3 Å². The van der Waals surface area contributed by atoms with Gasteiger partial charge in [0, 0.05) is 38.9 Å². The number of benzene rings is 1. The molecule has 3 heterocycles. The van der Waals surface area contributed by atoms with Crippen LogP contribution in [-0.2, 0) is 25.4 Å². The largest absolute Gasteiger partial charge is 0.412 e. The van der Waals surface area contributed by atoms with Gasteiger partial charge in [0.1, 0.15) is 12.1 Å². The summed E-state index contributed by atoms with van der Waals surface area (Å²) in [4.78, 5) is 51.5. The summed E-state index contributed by atoms with van der Waals surface area (Å²) >= 11 is 1.60. The van der Waals surface area contributed by atoms with Gasteiger partial charge in [0.2, 0.25) is 17.7 Å². The zero-order valence-corrected chi connectivity index (χ0v) is 37.9. The van der Waals surface area contributed by atoms with Crippen molar-refractivity contribution in [3.63, 3.8) is 0 Å². The Morgan fingerprint density at radius 1 is 1.03 bits per heavy atom. The maximum absolute atomic E-state index is 14.6. The number of halogens is 2. The molecule has 0 spiro atoms. The van der Waals surface area contributed by atoms with Crippen molar-refractivity contribution >= 4 is 37.4 Å². The van der Waals surface area contributed by atoms with Gasteiger partial charge in [-0.1, -0.05) is 65.8 Å². The number of carbonyl (C=O) groups is 3. The smallest absolute Gasteiger partial charge is 0.258 e. The van der Waals surface area contributed by atoms with E-state index in [1.54, 1.807) is 16.2 Å². The van der Waals surface area contributed by atoms with Gasteiger partial charge in [-0.3, -0.25) is 14.4 Å². The number of nitrogens with zero attached hydrogens (tertiary/aromatic N) is 3. The van der Waals surface area contributed by atoms with Crippen LogP contribution in [0.4, 0.5) is 8.78 Å². The first-order valence-corrected chi connectivity index (χ1v) is 25.1. The lowest BCUT2D eigenvalue weighted by atomic mass is 9.65. The first kappa shape index (κ1) is 44.8. The molecule has 2 saturated carbocycles. The summed E-state index contributed by atoms with van der Waals surface area (Å²) < 4.78 is 34.6. The topological polar surface area (TPSA) is 124 Å². The minimum absolute atomic E-state index is 0.0495. The van der Waals surface area contributed by atoms with Crippen molar-refractivity contribution in [2.45, 2.75) is 142 Å². The number of hydrogen-bond acceptors (Lipinski definition) is 8. The molecule has 2 aliphatic heterocycles. The highest BCUT2D eigenvalue weighted by Crippen LogP contribution is 2.60. The molecule has 0 unspecified atom stereocenters. The van der Waals surface area contributed by atoms with Crippen LogP contribution in [0.3, 0.4) is 0 Å². The molecule has 10 nitrogen and oxygen atoms in total. The first-order valence-electron chi connectivity index (χ1n) is 21.3. The van der Waals surface area contributed by atoms with Crippen LogP contribution >= 0.6 is 11.3 Å². The SMILES string of the molecule is Cc1ncsc1-c1ccc(CNC(=O)[C@@H]2C[C@@H](O[Si](C)(C)C(C)(C)C)CN2C(=O)[C@@H](NC(=O)CC2CC(C3CCN(C[C@@]4(CO)CC4(F)F)CC3)C2)C(C)(C)C)cc1. The van der Waals surface area contributed by atoms with Crippen molar-refractivity contribution in [3.8, 4) is 10.4 Å². The number of amides is 3. The number of aliphatic hydroxyl groups is 1. The van der Waals surface area contributed by atoms with Crippen LogP contribution in [0.25, 0.3) is 10.4 Å². The predicted octanol–water partition coefficient (Wildman–Crippen LogP) is 7.40. The average molecular weight is 844 g/mol. The molecule has 2 aromatic rings. The van der Waals surface area contributed by atoms with E-state index in [1.807, 2.05) is 57.5 Å². The molecule has 1 aromatic carbocycles. The van der Waals surface area contributed by atoms with Gasteiger partial charge in [-0.05, 0) is 98.1 Å². The second kappa shape index (κ2) is 16.9. The highest BCUT2D eigenvalue weighted by molar-refractivity contribution is 7.13. The van der Waals surface area contributed by atoms with Gasteiger partial charge in [-0.2, -0.15) is 0 Å². The van der Waals surface area contributed by atoms with Gasteiger partial charge in [-0.15, -0.1) is 11.3 Å². The zero-order valence-electron chi connectivity index (χ0n) is 36.1. The fraction of sp³-hybridized carbons (Fsp3) is 0.727. The van der Waals surface area contributed by atoms with Crippen LogP contribution in [-0.4, -0.2) is 103 Å². The van der Waals surface area contributed by atoms with Gasteiger partial charge >= 0.3 is 0 Å². The molecular weight excluding hydrogens is 777 g/mol. The van der Waals surface area contributed by atoms with Crippen molar-refractivity contribution in [1.29, 1.82) is 0 Å². The highest BCUT2D eigenvalue weighted by Gasteiger charge is 2.71. The van der Waals surface area contributed by atoms with Crippen molar-refractivity contribution in [1.82, 2.24) is 25.4 Å². The molecule has 3 N–H and O–H groups in total. The standard InChI is InChI=1S/C44H67F2N5O5SSi/c1-28-37(57-27-48-28)32-12-10-29(11-13-32)22-47-39(54)35-21-34(56-58(8,9)42(5,6)7)23-51(35)40(55)38(41(2,3)4)49-36(53)20-30-18-33(19-30)31-14-16-50(17-15-31)25-43(26-52)24-44(43,45)46/h10-13,27,30-31,33-35,38,52H,14-26H2,1-9H3,(H,47,54)(H,49,53)/t30?,33?,34-,35+,38-,43-/m1/s1. The molecule has 4 atom stereocenters. The molecule has 0 bridgehead atoms. The van der Waals surface area contributed by atoms with Crippen molar-refractivity contribution in [2.75, 3.05) is 32.8 Å². The van der Waals surface area contributed by atoms with E-state index < -0.39 is 43.8 Å². The van der Waals surface area contributed by atoms with Crippen LogP contribution in [0.15, 0.2) is 29.8 Å². The minimum Gasteiger partial charge on any atom is -0.412 e. The second-order valence-electron chi connectivity index (χ2n) is 20.5. The summed E-state index contributed by atoms with van der Waals surface area (Å²) in [6.07, 6.45) is 3.97. The molecular formula is C44H67F2N5O5SSi. The van der Waals surface area contributed by atoms with E-state index in [4.69, 9.17) is 4.43 Å². The Hall–Kier alpha value is -2.78. The van der Waals surface area contributed by atoms with Gasteiger partial charge < -0.3 is 30.0 Å². The molecule has 58 heavy (non-hydrogen) atoms. The molecule has 2 aliphatic carbocycles. The van der Waals surface area contributed by atoms with Crippen molar-refractivity contribution < 1.29 is 32.7 Å². The Kier molecular flexibility index (Phi) is 13.1. The summed E-state index contributed by atoms with van der Waals surface area (Å²) in [6, 6.07) is 6.52. The normalized spacial score (nSPS) is 27.2. The lowest BCUT2D eigenvalue weighted by Gasteiger charge is -2.44. The first-order chi connectivity index (χ1) is 27.0. The van der Waals surface area contributed by atoms with Crippen LogP contribution in [0, 0.1) is 35.5 Å². The maximum atomic E-state index is 14.6. The Morgan fingerprint density at radius 2 is 1.67 bits per heavy atom. The van der Waals surface area contributed by atoms with E-state index in [9.17, 15) is 28.3 Å². The number of carbonyl (C=O) groups excluding carboxylic acids is 3. The third kappa shape index (κ3) is 9.88. The average Bonchev–Trinajstić information content (AvgIpc) is 3.43. The van der Waals surface area contributed by atoms with Crippen LogP contribution in [0.5, 0.6) is 0 Å². The Morgan fingerprint density at radius 3 is 2.21 bits per heavy atom. The number of aliphatic hydroxyl groups excluding tert-OH is 1. The molecule has 2 saturated heterocycles. The molecule has 4 fully saturated rings. The number of nitrogens with one attached hydrogen (secondary N) is 2. The fourth-order valence-electron chi connectivity index (χ4n) is 9.05. The summed E-state index contributed by atoms with van der Waals surface area (Å²) in [5.74, 6) is -2.17. The van der Waals surface area contributed by atoms with E-state index in [0.29, 0.717) is 31.2 Å². The predicted molar refractivity (Wildman–Crippen MR) is 227 cm³/mol. The van der Waals surface area contributed by atoms with E-state index in [1.165, 1.54) is 0 Å². The van der Waals surface area contributed by atoms with E-state index in [0.717, 1.165) is 60.5 Å². The summed E-state index contributed by atoms with van der Waals surface area (Å²) in [7, 11) is -2.23. The van der Waals surface area contributed by atoms with Gasteiger partial charge in [0.05, 0.1) is 34.2 Å². The van der Waals surface area contributed by atoms with E-state index >= 15 is 0 Å². The van der Waals surface area contributed by atoms with Gasteiger partial charge in [-0.25, -0.2) is 13.8 Å². The Labute approximate surface area is 349 Å². The summed E-state index contributed by atoms with van der Waals surface area (Å²) in [6.45, 7) is 20.6. The van der Waals surface area contributed by atoms with Gasteiger partial charge in [0.25, 0.3) is 5.92 Å². The molecule has 0 radical (unpaired) electrons. The van der Waals surface area contributed by atoms with E-state index in [2.05, 4.69) is 54.4 Å². The number of aryl methyl sites for hydroxylation is 1. The van der Waals surface area contributed by atoms with Gasteiger partial charge in [0.15, 0.2) is 8.32 Å². The number of hydrogen-bond donors (Lipinski definition) is 3. The van der Waals surface area contributed by atoms with Crippen molar-refractivity contribution in [3.05, 3.63) is 41.0 Å². The Bertz CT molecular complexity index is 1780. The molecule has 4 aliphatic rings. The molecule has 3 amide bonds. The maximum Gasteiger partial charge on any atom is 0.258 e. The van der Waals surface area contributed by atoms with Crippen LogP contribution < -0.4 is 10.6 Å². The number of likely N-dealkylation sites (tertiary alicyclic amines) is 2. The Balaban J connectivity index is 1.05. The fourth-order valence-corrected chi connectivity index (χ4v) is 11.2. The number of thiazole rings is 1. The number of alkyl halides is 2. The molecule has 322 valence electrons. The van der Waals surface area contributed by atoms with Crippen LogP contribution in [0.1, 0.15) is 97.7 Å². The summed E-state index contributed by atoms with van der Waals surface area (Å²) in [5, 5.41) is 15.8. The lowest BCUT2D eigenvalue weighted by molar-refractivity contribution is -0.144. The number of rotatable bonds is 14. The second-order valence-corrected chi connectivity index (χ2v) is 26.1. The molecule has 14 heteroatoms. The molecule has 6 rings (SSSR count). The quantitative estimate of drug-likeness (QED) is 0.170. The highest BCUT2D eigenvalue weighted by atomic mass is 32.1. The number of aromatic nitrogens is 1. The number of piperidine rings is 1. The van der Waals surface area contributed by atoms with Crippen molar-refractivity contribution in [2.24, 2.45) is 28.6 Å². The monoisotopic (exact) mass is 843 g/mol. The van der Waals surface area contributed by atoms with Crippen LogP contribution in [0.2, 0.25) is 18.1 Å². The lowest BCUT2D eigenvalue weighted by Crippen LogP contribution is -2.58. The third-order valence-electron chi connectivity index (χ3n) is 14.0. The molecule has 1 aromatic heterocycles. The minimum atomic E-state index is -2.76. The zero-order chi connectivity index (χ0) is 42.4. The summed E-state index contributed by atoms with van der Waals surface area (Å²) in [5.41, 5.74) is 2.97. The third-order valence-corrected chi connectivity index (χ3v) is 19.6.